The summed E-state index contributed by atoms with van der Waals surface area (Å²) < 4.78 is 67.3. The highest BCUT2D eigenvalue weighted by Crippen LogP contribution is 2.35. The molecule has 0 aliphatic rings. The van der Waals surface area contributed by atoms with Crippen LogP contribution in [-0.4, -0.2) is 28.5 Å². The Kier molecular flexibility index (Phi) is 5.06. The third kappa shape index (κ3) is 4.16. The van der Waals surface area contributed by atoms with Gasteiger partial charge >= 0.3 is 0 Å². The van der Waals surface area contributed by atoms with Gasteiger partial charge in [-0.05, 0) is 18.2 Å². The van der Waals surface area contributed by atoms with E-state index in [1.807, 2.05) is 0 Å². The molecule has 0 spiro atoms. The third-order valence-electron chi connectivity index (χ3n) is 2.84. The van der Waals surface area contributed by atoms with Gasteiger partial charge in [0.25, 0.3) is 0 Å². The van der Waals surface area contributed by atoms with Crippen LogP contribution < -0.4 is 14.6 Å². The Morgan fingerprint density at radius 1 is 1.04 bits per heavy atom. The maximum atomic E-state index is 11.7. The number of ether oxygens (including phenoxy) is 2. The average molecular weight is 393 g/mol. The molecule has 0 radical (unpaired) electrons. The van der Waals surface area contributed by atoms with E-state index in [-0.39, 0.29) is 11.5 Å². The lowest BCUT2D eigenvalue weighted by molar-refractivity contribution is 0.408. The molecule has 0 saturated heterocycles. The van der Waals surface area contributed by atoms with Gasteiger partial charge in [-0.15, -0.1) is 0 Å². The Hall–Kier alpha value is -1.85. The quantitative estimate of drug-likeness (QED) is 0.764. The van der Waals surface area contributed by atoms with Crippen LogP contribution in [0.25, 0.3) is 0 Å². The molecule has 0 aliphatic carbocycles. The van der Waals surface area contributed by atoms with Gasteiger partial charge in [0.2, 0.25) is 10.0 Å². The highest BCUT2D eigenvalue weighted by molar-refractivity contribution is 7.89. The molecule has 0 aliphatic heterocycles. The van der Waals surface area contributed by atoms with Crippen LogP contribution in [0.2, 0.25) is 5.02 Å². The average Bonchev–Trinajstić information content (AvgIpc) is 2.44. The van der Waals surface area contributed by atoms with Gasteiger partial charge in [0.15, 0.2) is 0 Å². The summed E-state index contributed by atoms with van der Waals surface area (Å²) in [6.07, 6.45) is 0. The van der Waals surface area contributed by atoms with Gasteiger partial charge in [0, 0.05) is 12.1 Å². The summed E-state index contributed by atoms with van der Waals surface area (Å²) in [5.41, 5.74) is 0. The summed E-state index contributed by atoms with van der Waals surface area (Å²) in [5.74, 6) is 0.297. The van der Waals surface area contributed by atoms with Crippen molar-refractivity contribution in [1.29, 1.82) is 0 Å². The maximum absolute atomic E-state index is 11.7. The normalized spacial score (nSPS) is 12.0. The van der Waals surface area contributed by atoms with Gasteiger partial charge in [-0.1, -0.05) is 17.7 Å². The van der Waals surface area contributed by atoms with E-state index >= 15 is 0 Å². The van der Waals surface area contributed by atoms with Crippen molar-refractivity contribution in [3.8, 4) is 17.2 Å². The molecule has 0 unspecified atom stereocenters. The van der Waals surface area contributed by atoms with Gasteiger partial charge in [-0.2, -0.15) is 0 Å². The van der Waals surface area contributed by atoms with E-state index in [9.17, 15) is 21.4 Å². The number of nitrogens with two attached hydrogens (primary N) is 1. The Bertz CT molecular complexity index is 987. The third-order valence-corrected chi connectivity index (χ3v) is 5.08. The molecular formula is C13H11ClNO7S2-. The second kappa shape index (κ2) is 6.57. The van der Waals surface area contributed by atoms with E-state index in [1.165, 1.54) is 19.2 Å². The highest BCUT2D eigenvalue weighted by atomic mass is 35.5. The first-order valence-electron chi connectivity index (χ1n) is 6.16. The number of hydrogen-bond acceptors (Lipinski definition) is 7. The summed E-state index contributed by atoms with van der Waals surface area (Å²) in [6.45, 7) is 0. The minimum absolute atomic E-state index is 0.188. The molecule has 8 nitrogen and oxygen atoms in total. The molecule has 0 amide bonds. The van der Waals surface area contributed by atoms with Crippen molar-refractivity contribution in [2.24, 2.45) is 5.14 Å². The smallest absolute Gasteiger partial charge is 0.241 e. The molecule has 0 bridgehead atoms. The van der Waals surface area contributed by atoms with E-state index in [0.29, 0.717) is 11.8 Å². The number of benzene rings is 2. The van der Waals surface area contributed by atoms with Crippen LogP contribution in [-0.2, 0) is 20.1 Å². The van der Waals surface area contributed by atoms with Crippen LogP contribution in [0.4, 0.5) is 0 Å². The Morgan fingerprint density at radius 3 is 2.21 bits per heavy atom. The Morgan fingerprint density at radius 2 is 1.67 bits per heavy atom. The topological polar surface area (TPSA) is 136 Å². The molecular weight excluding hydrogens is 382 g/mol. The van der Waals surface area contributed by atoms with Crippen LogP contribution >= 0.6 is 11.6 Å². The predicted octanol–water partition coefficient (Wildman–Crippen LogP) is 1.69. The minimum atomic E-state index is -4.99. The fraction of sp³-hybridized carbons (Fsp3) is 0.0769. The SMILES string of the molecule is COc1cccc(Oc2cc(Cl)c(S(=O)(=O)[O-])cc2S(N)(=O)=O)c1. The number of sulfonamides is 1. The summed E-state index contributed by atoms with van der Waals surface area (Å²) in [4.78, 5) is -1.60. The fourth-order valence-electron chi connectivity index (χ4n) is 1.80. The monoisotopic (exact) mass is 392 g/mol. The van der Waals surface area contributed by atoms with Crippen LogP contribution in [0.1, 0.15) is 0 Å². The van der Waals surface area contributed by atoms with Crippen LogP contribution in [0.15, 0.2) is 46.2 Å². The number of hydrogen-bond donors (Lipinski definition) is 1. The van der Waals surface area contributed by atoms with Crippen molar-refractivity contribution < 1.29 is 30.9 Å². The molecule has 0 saturated carbocycles. The van der Waals surface area contributed by atoms with E-state index in [1.54, 1.807) is 12.1 Å². The molecule has 2 aromatic carbocycles. The van der Waals surface area contributed by atoms with Crippen molar-refractivity contribution >= 4 is 31.7 Å². The number of halogens is 1. The minimum Gasteiger partial charge on any atom is -0.744 e. The molecule has 0 aromatic heterocycles. The first kappa shape index (κ1) is 18.5. The fourth-order valence-corrected chi connectivity index (χ4v) is 3.54. The Labute approximate surface area is 143 Å². The number of rotatable bonds is 5. The van der Waals surface area contributed by atoms with Crippen LogP contribution in [0.5, 0.6) is 17.2 Å². The Balaban J connectivity index is 2.63. The molecule has 2 aromatic rings. The van der Waals surface area contributed by atoms with Gasteiger partial charge < -0.3 is 14.0 Å². The van der Waals surface area contributed by atoms with Crippen LogP contribution in [0, 0.1) is 0 Å². The lowest BCUT2D eigenvalue weighted by Crippen LogP contribution is -2.14. The molecule has 0 fully saturated rings. The first-order valence-corrected chi connectivity index (χ1v) is 9.50. The maximum Gasteiger partial charge on any atom is 0.241 e. The van der Waals surface area contributed by atoms with Crippen molar-refractivity contribution in [2.45, 2.75) is 9.79 Å². The number of primary sulfonamides is 1. The zero-order chi connectivity index (χ0) is 18.1. The van der Waals surface area contributed by atoms with Crippen molar-refractivity contribution in [2.75, 3.05) is 7.11 Å². The summed E-state index contributed by atoms with van der Waals surface area (Å²) in [6, 6.07) is 7.64. The van der Waals surface area contributed by atoms with Crippen LogP contribution in [0.3, 0.4) is 0 Å². The molecule has 130 valence electrons. The zero-order valence-corrected chi connectivity index (χ0v) is 14.5. The molecule has 2 rings (SSSR count). The van der Waals surface area contributed by atoms with Gasteiger partial charge in [-0.25, -0.2) is 22.0 Å². The molecule has 2 N–H and O–H groups in total. The summed E-state index contributed by atoms with van der Waals surface area (Å²) in [7, 11) is -7.95. The summed E-state index contributed by atoms with van der Waals surface area (Å²) >= 11 is 5.74. The second-order valence-electron chi connectivity index (χ2n) is 4.51. The lowest BCUT2D eigenvalue weighted by Gasteiger charge is -2.15. The largest absolute Gasteiger partial charge is 0.744 e. The molecule has 0 heterocycles. The van der Waals surface area contributed by atoms with Gasteiger partial charge in [0.05, 0.1) is 17.0 Å². The van der Waals surface area contributed by atoms with Crippen molar-refractivity contribution in [3.63, 3.8) is 0 Å². The molecule has 24 heavy (non-hydrogen) atoms. The molecule has 11 heteroatoms. The number of methoxy groups -OCH3 is 1. The van der Waals surface area contributed by atoms with E-state index in [0.717, 1.165) is 6.07 Å². The van der Waals surface area contributed by atoms with E-state index in [2.05, 4.69) is 0 Å². The van der Waals surface area contributed by atoms with E-state index < -0.39 is 35.0 Å². The van der Waals surface area contributed by atoms with E-state index in [4.69, 9.17) is 26.2 Å². The summed E-state index contributed by atoms with van der Waals surface area (Å²) in [5, 5.41) is 4.57. The predicted molar refractivity (Wildman–Crippen MR) is 83.9 cm³/mol. The standard InChI is InChI=1S/C13H12ClNO7S2/c1-21-8-3-2-4-9(5-8)22-11-6-10(14)12(24(18,19)20)7-13(11)23(15,16)17/h2-7H,1H3,(H2,15,16,17)(H,18,19,20)/p-1. The van der Waals surface area contributed by atoms with Gasteiger partial charge in [0.1, 0.15) is 32.3 Å². The lowest BCUT2D eigenvalue weighted by atomic mass is 10.3. The van der Waals surface area contributed by atoms with Crippen molar-refractivity contribution in [1.82, 2.24) is 0 Å². The first-order chi connectivity index (χ1) is 11.0. The van der Waals surface area contributed by atoms with Crippen molar-refractivity contribution in [3.05, 3.63) is 41.4 Å². The second-order valence-corrected chi connectivity index (χ2v) is 7.79. The molecule has 0 atom stereocenters. The zero-order valence-electron chi connectivity index (χ0n) is 12.1. The highest BCUT2D eigenvalue weighted by Gasteiger charge is 2.21. The van der Waals surface area contributed by atoms with Gasteiger partial charge in [-0.3, -0.25) is 0 Å².